The van der Waals surface area contributed by atoms with Crippen LogP contribution in [0.2, 0.25) is 5.02 Å². The van der Waals surface area contributed by atoms with Crippen LogP contribution in [-0.4, -0.2) is 20.5 Å². The van der Waals surface area contributed by atoms with Gasteiger partial charge in [-0.1, -0.05) is 44.9 Å². The van der Waals surface area contributed by atoms with Crippen molar-refractivity contribution in [3.8, 4) is 0 Å². The van der Waals surface area contributed by atoms with Gasteiger partial charge in [-0.05, 0) is 30.0 Å². The molecule has 1 fully saturated rings. The molecule has 2 N–H and O–H groups in total. The van der Waals surface area contributed by atoms with E-state index in [-0.39, 0.29) is 10.9 Å². The normalized spacial score (nSPS) is 21.8. The molecule has 0 bridgehead atoms. The highest BCUT2D eigenvalue weighted by Crippen LogP contribution is 2.34. The highest BCUT2D eigenvalue weighted by molar-refractivity contribution is 7.89. The first-order valence-electron chi connectivity index (χ1n) is 7.37. The van der Waals surface area contributed by atoms with Crippen molar-refractivity contribution in [3.63, 3.8) is 0 Å². The monoisotopic (exact) mass is 330 g/mol. The predicted octanol–water partition coefficient (Wildman–Crippen LogP) is 2.91. The maximum Gasteiger partial charge on any atom is 0.240 e. The molecule has 1 aliphatic carbocycles. The fourth-order valence-electron chi connectivity index (χ4n) is 2.26. The van der Waals surface area contributed by atoms with Gasteiger partial charge in [-0.15, -0.1) is 0 Å². The molecule has 0 saturated heterocycles. The Morgan fingerprint density at radius 3 is 2.62 bits per heavy atom. The van der Waals surface area contributed by atoms with E-state index in [4.69, 9.17) is 11.6 Å². The third kappa shape index (κ3) is 4.42. The Hall–Kier alpha value is -0.620. The Labute approximate surface area is 132 Å². The summed E-state index contributed by atoms with van der Waals surface area (Å²) in [7, 11) is -3.47. The van der Waals surface area contributed by atoms with E-state index in [1.807, 2.05) is 0 Å². The largest absolute Gasteiger partial charge is 0.310 e. The highest BCUT2D eigenvalue weighted by Gasteiger charge is 2.38. The van der Waals surface area contributed by atoms with Crippen LogP contribution in [-0.2, 0) is 16.6 Å². The molecule has 0 heterocycles. The van der Waals surface area contributed by atoms with Crippen LogP contribution < -0.4 is 10.0 Å². The Morgan fingerprint density at radius 1 is 1.38 bits per heavy atom. The van der Waals surface area contributed by atoms with Gasteiger partial charge in [0, 0.05) is 23.7 Å². The molecule has 0 radical (unpaired) electrons. The number of nitrogens with one attached hydrogen (secondary N) is 2. The first-order valence-corrected chi connectivity index (χ1v) is 9.23. The Balaban J connectivity index is 2.08. The zero-order valence-electron chi connectivity index (χ0n) is 12.7. The fraction of sp³-hybridized carbons (Fsp3) is 0.600. The van der Waals surface area contributed by atoms with Gasteiger partial charge in [-0.3, -0.25) is 0 Å². The first kappa shape index (κ1) is 16.7. The van der Waals surface area contributed by atoms with Crippen molar-refractivity contribution >= 4 is 21.6 Å². The van der Waals surface area contributed by atoms with Crippen molar-refractivity contribution in [1.29, 1.82) is 0 Å². The second kappa shape index (κ2) is 6.65. The minimum atomic E-state index is -3.47. The van der Waals surface area contributed by atoms with Gasteiger partial charge < -0.3 is 5.32 Å². The molecule has 1 aromatic rings. The minimum Gasteiger partial charge on any atom is -0.310 e. The third-order valence-electron chi connectivity index (χ3n) is 3.79. The Morgan fingerprint density at radius 2 is 2.10 bits per heavy atom. The summed E-state index contributed by atoms with van der Waals surface area (Å²) >= 11 is 6.19. The van der Waals surface area contributed by atoms with Crippen LogP contribution in [0.3, 0.4) is 0 Å². The zero-order chi connectivity index (χ0) is 15.6. The van der Waals surface area contributed by atoms with E-state index in [0.29, 0.717) is 23.5 Å². The summed E-state index contributed by atoms with van der Waals surface area (Å²) in [4.78, 5) is 0.238. The summed E-state index contributed by atoms with van der Waals surface area (Å²) < 4.78 is 27.3. The van der Waals surface area contributed by atoms with E-state index in [1.165, 1.54) is 6.07 Å². The lowest BCUT2D eigenvalue weighted by molar-refractivity contribution is 0.575. The Bertz CT molecular complexity index is 602. The SMILES string of the molecule is CCC1CC1NS(=O)(=O)c1ccc(CNC(C)C)c(Cl)c1. The van der Waals surface area contributed by atoms with Crippen molar-refractivity contribution in [2.24, 2.45) is 5.92 Å². The molecular formula is C15H23ClN2O2S. The second-order valence-electron chi connectivity index (χ2n) is 5.92. The maximum absolute atomic E-state index is 12.3. The standard InChI is InChI=1S/C15H23ClN2O2S/c1-4-11-7-15(11)18-21(19,20)13-6-5-12(14(16)8-13)9-17-10(2)3/h5-6,8,10-11,15,17-18H,4,7,9H2,1-3H3. The van der Waals surface area contributed by atoms with Crippen molar-refractivity contribution in [3.05, 3.63) is 28.8 Å². The number of sulfonamides is 1. The van der Waals surface area contributed by atoms with Gasteiger partial charge in [-0.2, -0.15) is 0 Å². The fourth-order valence-corrected chi connectivity index (χ4v) is 3.92. The van der Waals surface area contributed by atoms with Crippen molar-refractivity contribution in [1.82, 2.24) is 10.0 Å². The zero-order valence-corrected chi connectivity index (χ0v) is 14.3. The summed E-state index contributed by atoms with van der Waals surface area (Å²) in [5, 5.41) is 3.75. The molecule has 1 aromatic carbocycles. The Kier molecular flexibility index (Phi) is 5.30. The van der Waals surface area contributed by atoms with Crippen molar-refractivity contribution < 1.29 is 8.42 Å². The summed E-state index contributed by atoms with van der Waals surface area (Å²) in [6, 6.07) is 5.36. The van der Waals surface area contributed by atoms with Crippen LogP contribution in [0.4, 0.5) is 0 Å². The van der Waals surface area contributed by atoms with Crippen LogP contribution in [0.25, 0.3) is 0 Å². The van der Waals surface area contributed by atoms with E-state index in [1.54, 1.807) is 12.1 Å². The smallest absolute Gasteiger partial charge is 0.240 e. The molecular weight excluding hydrogens is 308 g/mol. The average molecular weight is 331 g/mol. The second-order valence-corrected chi connectivity index (χ2v) is 8.04. The van der Waals surface area contributed by atoms with Crippen LogP contribution in [0, 0.1) is 5.92 Å². The lowest BCUT2D eigenvalue weighted by Gasteiger charge is -2.11. The maximum atomic E-state index is 12.3. The average Bonchev–Trinajstić information content (AvgIpc) is 3.14. The minimum absolute atomic E-state index is 0.0843. The van der Waals surface area contributed by atoms with Gasteiger partial charge >= 0.3 is 0 Å². The van der Waals surface area contributed by atoms with Gasteiger partial charge in [0.25, 0.3) is 0 Å². The van der Waals surface area contributed by atoms with Gasteiger partial charge in [0.2, 0.25) is 10.0 Å². The number of rotatable bonds is 7. The quantitative estimate of drug-likeness (QED) is 0.808. The topological polar surface area (TPSA) is 58.2 Å². The molecule has 0 aromatic heterocycles. The van der Waals surface area contributed by atoms with E-state index in [2.05, 4.69) is 30.8 Å². The predicted molar refractivity (Wildman–Crippen MR) is 85.9 cm³/mol. The lowest BCUT2D eigenvalue weighted by Crippen LogP contribution is -2.27. The summed E-state index contributed by atoms with van der Waals surface area (Å²) in [5.74, 6) is 0.477. The van der Waals surface area contributed by atoms with Gasteiger partial charge in [0.15, 0.2) is 0 Å². The number of benzene rings is 1. The lowest BCUT2D eigenvalue weighted by atomic mass is 10.2. The van der Waals surface area contributed by atoms with Crippen LogP contribution in [0.5, 0.6) is 0 Å². The summed E-state index contributed by atoms with van der Waals surface area (Å²) in [5.41, 5.74) is 0.905. The van der Waals surface area contributed by atoms with Crippen molar-refractivity contribution in [2.45, 2.75) is 57.1 Å². The number of hydrogen-bond acceptors (Lipinski definition) is 3. The van der Waals surface area contributed by atoms with Crippen molar-refractivity contribution in [2.75, 3.05) is 0 Å². The van der Waals surface area contributed by atoms with Crippen LogP contribution >= 0.6 is 11.6 Å². The van der Waals surface area contributed by atoms with Crippen LogP contribution in [0.1, 0.15) is 39.2 Å². The third-order valence-corrected chi connectivity index (χ3v) is 5.63. The molecule has 2 unspecified atom stereocenters. The van der Waals surface area contributed by atoms with Gasteiger partial charge in [0.05, 0.1) is 4.90 Å². The molecule has 6 heteroatoms. The van der Waals surface area contributed by atoms with E-state index in [0.717, 1.165) is 18.4 Å². The van der Waals surface area contributed by atoms with E-state index >= 15 is 0 Å². The molecule has 2 rings (SSSR count). The molecule has 1 saturated carbocycles. The van der Waals surface area contributed by atoms with Gasteiger partial charge in [-0.25, -0.2) is 13.1 Å². The molecule has 0 spiro atoms. The number of halogens is 1. The molecule has 0 aliphatic heterocycles. The van der Waals surface area contributed by atoms with E-state index < -0.39 is 10.0 Å². The molecule has 4 nitrogen and oxygen atoms in total. The number of hydrogen-bond donors (Lipinski definition) is 2. The highest BCUT2D eigenvalue weighted by atomic mass is 35.5. The first-order chi connectivity index (χ1) is 9.83. The summed E-state index contributed by atoms with van der Waals surface area (Å²) in [6.07, 6.45) is 1.94. The van der Waals surface area contributed by atoms with E-state index in [9.17, 15) is 8.42 Å². The molecule has 1 aliphatic rings. The molecule has 118 valence electrons. The van der Waals surface area contributed by atoms with Crippen LogP contribution in [0.15, 0.2) is 23.1 Å². The molecule has 21 heavy (non-hydrogen) atoms. The molecule has 0 amide bonds. The molecule has 2 atom stereocenters. The van der Waals surface area contributed by atoms with Gasteiger partial charge in [0.1, 0.15) is 0 Å². The summed E-state index contributed by atoms with van der Waals surface area (Å²) in [6.45, 7) is 6.81.